The molecule has 0 spiro atoms. The fraction of sp³-hybridized carbons (Fsp3) is 0. The molecular weight excluding hydrogens is 405 g/mol. The Bertz CT molecular complexity index is 8.00. The van der Waals surface area contributed by atoms with Crippen molar-refractivity contribution in [2.24, 2.45) is 0 Å². The third-order valence-corrected chi connectivity index (χ3v) is 0. The third-order valence-electron chi connectivity index (χ3n) is 0. The van der Waals surface area contributed by atoms with Gasteiger partial charge in [-0.1, -0.05) is 0 Å². The topological polar surface area (TPSA) is 28.5 Å². The van der Waals surface area contributed by atoms with Crippen molar-refractivity contribution in [1.29, 1.82) is 0 Å². The molecule has 0 aromatic carbocycles. The molecule has 5 radical (unpaired) electrons. The molecule has 0 N–H and O–H groups in total. The first-order valence-corrected chi connectivity index (χ1v) is 0. The third kappa shape index (κ3) is 8.83. The number of hydrogen-bond donors (Lipinski definition) is 0. The van der Waals surface area contributed by atoms with Gasteiger partial charge in [-0.3, -0.25) is 0 Å². The van der Waals surface area contributed by atoms with Crippen LogP contribution in [-0.2, 0) is 32.8 Å². The Hall–Kier alpha value is 2.44. The molecule has 1 nitrogen and oxygen atoms in total. The Kier molecular flexibility index (Phi) is 144. The summed E-state index contributed by atoms with van der Waals surface area (Å²) in [6, 6.07) is 0. The van der Waals surface area contributed by atoms with E-state index in [4.69, 9.17) is 0 Å². The second-order valence-electron chi connectivity index (χ2n) is 0. The van der Waals surface area contributed by atoms with Crippen molar-refractivity contribution in [3.8, 4) is 0 Å². The van der Waals surface area contributed by atoms with Crippen molar-refractivity contribution in [3.63, 3.8) is 0 Å². The van der Waals surface area contributed by atoms with E-state index in [9.17, 15) is 0 Å². The number of hydrogen-bond acceptors (Lipinski definition) is 0. The van der Waals surface area contributed by atoms with E-state index in [1.807, 2.05) is 0 Å². The van der Waals surface area contributed by atoms with Gasteiger partial charge in [-0.25, -0.2) is 0 Å². The van der Waals surface area contributed by atoms with Gasteiger partial charge in [0.2, 0.25) is 0 Å². The van der Waals surface area contributed by atoms with Crippen molar-refractivity contribution in [2.75, 3.05) is 0 Å². The predicted molar refractivity (Wildman–Crippen MR) is 12.2 cm³/mol. The second-order valence-corrected chi connectivity index (χ2v) is 0. The SMILES string of the molecule is [Cd].[Ga].[O-2].[Pb+2]. The van der Waals surface area contributed by atoms with Crippen LogP contribution in [0.15, 0.2) is 0 Å². The fourth-order valence-corrected chi connectivity index (χ4v) is 0. The molecule has 0 unspecified atom stereocenters. The average molecular weight is 405 g/mol. The summed E-state index contributed by atoms with van der Waals surface area (Å²) in [6.45, 7) is 0. The van der Waals surface area contributed by atoms with E-state index < -0.39 is 0 Å². The zero-order chi connectivity index (χ0) is 0. The van der Waals surface area contributed by atoms with Gasteiger partial charge in [0, 0.05) is 47.1 Å². The normalized spacial score (nSPS) is 0. The molecule has 0 aliphatic rings. The van der Waals surface area contributed by atoms with E-state index in [1.54, 1.807) is 0 Å². The molecular formula is CdGaOPb. The number of rotatable bonds is 0. The summed E-state index contributed by atoms with van der Waals surface area (Å²) in [4.78, 5) is 0. The van der Waals surface area contributed by atoms with E-state index >= 15 is 0 Å². The van der Waals surface area contributed by atoms with Crippen LogP contribution in [-0.4, -0.2) is 47.1 Å². The van der Waals surface area contributed by atoms with Crippen LogP contribution in [0.2, 0.25) is 0 Å². The van der Waals surface area contributed by atoms with Gasteiger partial charge in [0.05, 0.1) is 0 Å². The van der Waals surface area contributed by atoms with E-state index in [1.165, 1.54) is 0 Å². The Balaban J connectivity index is 0. The Morgan fingerprint density at radius 3 is 1.00 bits per heavy atom. The summed E-state index contributed by atoms with van der Waals surface area (Å²) in [5, 5.41) is 0. The standard InChI is InChI=1S/Cd.Ga.O.Pb/q;;-2;+2. The maximum absolute atomic E-state index is 0. The molecule has 0 rings (SSSR count). The first kappa shape index (κ1) is 32.0. The van der Waals surface area contributed by atoms with E-state index in [0.717, 1.165) is 0 Å². The molecule has 0 atom stereocenters. The largest absolute Gasteiger partial charge is 2.00 e. The van der Waals surface area contributed by atoms with Gasteiger partial charge in [-0.05, 0) is 0 Å². The summed E-state index contributed by atoms with van der Waals surface area (Å²) >= 11 is 0. The summed E-state index contributed by atoms with van der Waals surface area (Å²) in [5.74, 6) is 0. The van der Waals surface area contributed by atoms with Gasteiger partial charge in [0.1, 0.15) is 0 Å². The van der Waals surface area contributed by atoms with Crippen LogP contribution in [0.25, 0.3) is 0 Å². The van der Waals surface area contributed by atoms with E-state index in [2.05, 4.69) is 0 Å². The van der Waals surface area contributed by atoms with Gasteiger partial charge >= 0.3 is 27.3 Å². The fourth-order valence-electron chi connectivity index (χ4n) is 0. The molecule has 0 saturated heterocycles. The van der Waals surface area contributed by atoms with Gasteiger partial charge < -0.3 is 5.48 Å². The van der Waals surface area contributed by atoms with Gasteiger partial charge in [-0.15, -0.1) is 0 Å². The molecule has 0 aromatic heterocycles. The van der Waals surface area contributed by atoms with Crippen LogP contribution in [0.1, 0.15) is 0 Å². The molecule has 0 saturated carbocycles. The minimum absolute atomic E-state index is 0. The maximum Gasteiger partial charge on any atom is 2.00 e. The first-order valence-electron chi connectivity index (χ1n) is 0. The second kappa shape index (κ2) is 18.0. The minimum Gasteiger partial charge on any atom is -2.00 e. The minimum atomic E-state index is 0. The van der Waals surface area contributed by atoms with Crippen LogP contribution in [0.5, 0.6) is 0 Å². The molecule has 15 valence electrons. The van der Waals surface area contributed by atoms with E-state index in [0.29, 0.717) is 0 Å². The zero-order valence-corrected chi connectivity index (χ0v) is 12.5. The van der Waals surface area contributed by atoms with Crippen LogP contribution >= 0.6 is 0 Å². The van der Waals surface area contributed by atoms with Crippen LogP contribution in [0.3, 0.4) is 0 Å². The summed E-state index contributed by atoms with van der Waals surface area (Å²) in [7, 11) is 0. The smallest absolute Gasteiger partial charge is 2.00 e. The van der Waals surface area contributed by atoms with E-state index in [-0.39, 0.29) is 79.9 Å². The molecule has 4 heteroatoms. The molecule has 0 amide bonds. The Morgan fingerprint density at radius 2 is 1.00 bits per heavy atom. The Morgan fingerprint density at radius 1 is 1.00 bits per heavy atom. The summed E-state index contributed by atoms with van der Waals surface area (Å²) in [5.41, 5.74) is 0. The van der Waals surface area contributed by atoms with Gasteiger partial charge in [-0.2, -0.15) is 0 Å². The van der Waals surface area contributed by atoms with Crippen LogP contribution < -0.4 is 0 Å². The predicted octanol–water partition coefficient (Wildman–Crippen LogP) is -0.883. The Labute approximate surface area is 78.6 Å². The maximum atomic E-state index is 0. The molecule has 0 heterocycles. The quantitative estimate of drug-likeness (QED) is 0.469. The van der Waals surface area contributed by atoms with Crippen molar-refractivity contribution in [2.45, 2.75) is 0 Å². The van der Waals surface area contributed by atoms with Gasteiger partial charge in [0.25, 0.3) is 0 Å². The molecule has 0 bridgehead atoms. The van der Waals surface area contributed by atoms with Crippen molar-refractivity contribution in [1.82, 2.24) is 0 Å². The molecule has 0 aliphatic heterocycles. The van der Waals surface area contributed by atoms with Crippen molar-refractivity contribution < 1.29 is 32.8 Å². The molecule has 0 aliphatic carbocycles. The molecule has 4 heavy (non-hydrogen) atoms. The summed E-state index contributed by atoms with van der Waals surface area (Å²) < 4.78 is 0. The van der Waals surface area contributed by atoms with Crippen LogP contribution in [0, 0.1) is 0 Å². The molecule has 0 aromatic rings. The molecule has 0 fully saturated rings. The van der Waals surface area contributed by atoms with Crippen molar-refractivity contribution in [3.05, 3.63) is 0 Å². The zero-order valence-electron chi connectivity index (χ0n) is 2.19. The van der Waals surface area contributed by atoms with Crippen LogP contribution in [0.4, 0.5) is 0 Å². The average Bonchev–Trinajstić information content (AvgIpc) is 0. The van der Waals surface area contributed by atoms with Gasteiger partial charge in [0.15, 0.2) is 0 Å². The van der Waals surface area contributed by atoms with Crippen molar-refractivity contribution >= 4 is 47.1 Å². The first-order chi connectivity index (χ1) is 0. The monoisotopic (exact) mass is 407 g/mol. The summed E-state index contributed by atoms with van der Waals surface area (Å²) in [6.07, 6.45) is 0.